The molecule has 0 heterocycles. The first-order chi connectivity index (χ1) is 10.0. The Labute approximate surface area is 123 Å². The van der Waals surface area contributed by atoms with Gasteiger partial charge < -0.3 is 4.74 Å². The summed E-state index contributed by atoms with van der Waals surface area (Å²) in [5.74, 6) is -0.871. The van der Waals surface area contributed by atoms with Crippen molar-refractivity contribution in [3.05, 3.63) is 52.6 Å². The molecular formula is C15H19NO5. The largest absolute Gasteiger partial charge is 0.465 e. The van der Waals surface area contributed by atoms with Crippen LogP contribution in [0.15, 0.2) is 31.4 Å². The van der Waals surface area contributed by atoms with Crippen molar-refractivity contribution in [2.45, 2.75) is 26.2 Å². The Morgan fingerprint density at radius 2 is 1.95 bits per heavy atom. The SMILES string of the molecule is C=C.CCCC(=O)Cc1cccc(C(=O)OC)c1[N+](=O)[O-]. The lowest BCUT2D eigenvalue weighted by atomic mass is 10.0. The zero-order valence-electron chi connectivity index (χ0n) is 12.3. The van der Waals surface area contributed by atoms with Crippen LogP contribution in [0.1, 0.15) is 35.7 Å². The summed E-state index contributed by atoms with van der Waals surface area (Å²) in [6, 6.07) is 4.31. The molecule has 0 aromatic heterocycles. The minimum absolute atomic E-state index is 0.0466. The van der Waals surface area contributed by atoms with Gasteiger partial charge in [0.1, 0.15) is 11.3 Å². The lowest BCUT2D eigenvalue weighted by Crippen LogP contribution is -2.10. The van der Waals surface area contributed by atoms with Crippen LogP contribution in [0.25, 0.3) is 0 Å². The van der Waals surface area contributed by atoms with Gasteiger partial charge in [-0.25, -0.2) is 4.79 Å². The van der Waals surface area contributed by atoms with Crippen molar-refractivity contribution in [2.75, 3.05) is 7.11 Å². The van der Waals surface area contributed by atoms with Gasteiger partial charge in [-0.05, 0) is 12.5 Å². The molecule has 21 heavy (non-hydrogen) atoms. The van der Waals surface area contributed by atoms with Crippen molar-refractivity contribution < 1.29 is 19.2 Å². The Hall–Kier alpha value is -2.50. The molecule has 0 fully saturated rings. The molecule has 1 rings (SSSR count). The number of carbonyl (C=O) groups excluding carboxylic acids is 2. The first kappa shape index (κ1) is 18.5. The number of nitrogens with zero attached hydrogens (tertiary/aromatic N) is 1. The van der Waals surface area contributed by atoms with Gasteiger partial charge in [-0.3, -0.25) is 14.9 Å². The summed E-state index contributed by atoms with van der Waals surface area (Å²) < 4.78 is 4.51. The summed E-state index contributed by atoms with van der Waals surface area (Å²) in [5.41, 5.74) is -0.237. The normalized spacial score (nSPS) is 9.24. The molecule has 6 nitrogen and oxygen atoms in total. The quantitative estimate of drug-likeness (QED) is 0.348. The van der Waals surface area contributed by atoms with Crippen LogP contribution in [0.4, 0.5) is 5.69 Å². The average molecular weight is 293 g/mol. The van der Waals surface area contributed by atoms with E-state index in [1.165, 1.54) is 18.2 Å². The molecule has 0 unspecified atom stereocenters. The van der Waals surface area contributed by atoms with E-state index in [4.69, 9.17) is 0 Å². The number of esters is 1. The highest BCUT2D eigenvalue weighted by Gasteiger charge is 2.25. The molecule has 114 valence electrons. The molecule has 6 heteroatoms. The van der Waals surface area contributed by atoms with Crippen molar-refractivity contribution in [1.29, 1.82) is 0 Å². The number of Topliss-reactive ketones (excluding diaryl/α,β-unsaturated/α-hetero) is 1. The summed E-state index contributed by atoms with van der Waals surface area (Å²) in [4.78, 5) is 33.5. The highest BCUT2D eigenvalue weighted by Crippen LogP contribution is 2.25. The van der Waals surface area contributed by atoms with Gasteiger partial charge >= 0.3 is 5.97 Å². The number of nitro benzene ring substituents is 1. The molecule has 0 radical (unpaired) electrons. The van der Waals surface area contributed by atoms with Gasteiger partial charge in [0.2, 0.25) is 0 Å². The number of hydrogen-bond donors (Lipinski definition) is 0. The Balaban J connectivity index is 0.00000191. The summed E-state index contributed by atoms with van der Waals surface area (Å²) in [7, 11) is 1.15. The number of ether oxygens (including phenoxy) is 1. The number of methoxy groups -OCH3 is 1. The highest BCUT2D eigenvalue weighted by molar-refractivity contribution is 5.95. The molecule has 0 spiro atoms. The predicted molar refractivity (Wildman–Crippen MR) is 79.3 cm³/mol. The second-order valence-electron chi connectivity index (χ2n) is 4.03. The number of hydrogen-bond acceptors (Lipinski definition) is 5. The third-order valence-corrected chi connectivity index (χ3v) is 2.62. The van der Waals surface area contributed by atoms with Gasteiger partial charge in [-0.1, -0.05) is 19.1 Å². The Bertz CT molecular complexity index is 525. The lowest BCUT2D eigenvalue weighted by molar-refractivity contribution is -0.385. The van der Waals surface area contributed by atoms with E-state index in [0.29, 0.717) is 12.8 Å². The zero-order chi connectivity index (χ0) is 16.4. The van der Waals surface area contributed by atoms with Crippen molar-refractivity contribution in [3.63, 3.8) is 0 Å². The van der Waals surface area contributed by atoms with E-state index in [9.17, 15) is 19.7 Å². The smallest absolute Gasteiger partial charge is 0.344 e. The van der Waals surface area contributed by atoms with Gasteiger partial charge in [0.05, 0.1) is 12.0 Å². The monoisotopic (exact) mass is 293 g/mol. The third-order valence-electron chi connectivity index (χ3n) is 2.62. The van der Waals surface area contributed by atoms with Gasteiger partial charge in [0.15, 0.2) is 0 Å². The first-order valence-corrected chi connectivity index (χ1v) is 6.37. The second kappa shape index (κ2) is 9.41. The minimum atomic E-state index is -0.781. The fraction of sp³-hybridized carbons (Fsp3) is 0.333. The Morgan fingerprint density at radius 1 is 1.33 bits per heavy atom. The van der Waals surface area contributed by atoms with E-state index in [1.807, 2.05) is 6.92 Å². The maximum absolute atomic E-state index is 11.6. The van der Waals surface area contributed by atoms with Gasteiger partial charge in [-0.15, -0.1) is 13.2 Å². The van der Waals surface area contributed by atoms with Crippen LogP contribution in [-0.4, -0.2) is 23.8 Å². The molecule has 0 aliphatic rings. The number of rotatable bonds is 6. The van der Waals surface area contributed by atoms with E-state index in [1.54, 1.807) is 0 Å². The molecule has 0 bridgehead atoms. The van der Waals surface area contributed by atoms with Gasteiger partial charge in [0, 0.05) is 18.4 Å². The molecule has 0 aliphatic carbocycles. The van der Waals surface area contributed by atoms with Crippen LogP contribution >= 0.6 is 0 Å². The van der Waals surface area contributed by atoms with Crippen LogP contribution in [0, 0.1) is 10.1 Å². The number of para-hydroxylation sites is 1. The average Bonchev–Trinajstić information content (AvgIpc) is 2.48. The van der Waals surface area contributed by atoms with Crippen LogP contribution < -0.4 is 0 Å². The summed E-state index contributed by atoms with van der Waals surface area (Å²) in [6.45, 7) is 7.86. The molecule has 0 aliphatic heterocycles. The molecule has 1 aromatic rings. The molecule has 0 saturated heterocycles. The number of benzene rings is 1. The van der Waals surface area contributed by atoms with Crippen LogP contribution in [0.2, 0.25) is 0 Å². The predicted octanol–water partition coefficient (Wildman–Crippen LogP) is 3.10. The number of nitro groups is 1. The molecular weight excluding hydrogens is 274 g/mol. The van der Waals surface area contributed by atoms with Crippen molar-refractivity contribution >= 4 is 17.4 Å². The minimum Gasteiger partial charge on any atom is -0.465 e. The van der Waals surface area contributed by atoms with E-state index in [0.717, 1.165) is 7.11 Å². The maximum Gasteiger partial charge on any atom is 0.344 e. The summed E-state index contributed by atoms with van der Waals surface area (Å²) in [6.07, 6.45) is 0.998. The van der Waals surface area contributed by atoms with Crippen molar-refractivity contribution in [2.24, 2.45) is 0 Å². The van der Waals surface area contributed by atoms with E-state index >= 15 is 0 Å². The van der Waals surface area contributed by atoms with Crippen LogP contribution in [0.3, 0.4) is 0 Å². The highest BCUT2D eigenvalue weighted by atomic mass is 16.6. The third kappa shape index (κ3) is 5.18. The first-order valence-electron chi connectivity index (χ1n) is 6.37. The number of ketones is 1. The summed E-state index contributed by atoms with van der Waals surface area (Å²) in [5, 5.41) is 11.1. The zero-order valence-corrected chi connectivity index (χ0v) is 12.3. The van der Waals surface area contributed by atoms with E-state index < -0.39 is 10.9 Å². The van der Waals surface area contributed by atoms with E-state index in [2.05, 4.69) is 17.9 Å². The fourth-order valence-electron chi connectivity index (χ4n) is 1.80. The topological polar surface area (TPSA) is 86.5 Å². The maximum atomic E-state index is 11.6. The van der Waals surface area contributed by atoms with Crippen LogP contribution in [-0.2, 0) is 16.0 Å². The lowest BCUT2D eigenvalue weighted by Gasteiger charge is -2.06. The van der Waals surface area contributed by atoms with Crippen LogP contribution in [0.5, 0.6) is 0 Å². The molecule has 0 saturated carbocycles. The molecule has 0 amide bonds. The molecule has 0 N–H and O–H groups in total. The number of carbonyl (C=O) groups is 2. The standard InChI is InChI=1S/C13H15NO5.C2H4/c1-3-5-10(15)8-9-6-4-7-11(13(16)19-2)12(9)14(17)18;1-2/h4,6-7H,3,5,8H2,1-2H3;1-2H2. The second-order valence-corrected chi connectivity index (χ2v) is 4.03. The van der Waals surface area contributed by atoms with Gasteiger partial charge in [0.25, 0.3) is 5.69 Å². The summed E-state index contributed by atoms with van der Waals surface area (Å²) >= 11 is 0. The van der Waals surface area contributed by atoms with Gasteiger partial charge in [-0.2, -0.15) is 0 Å². The Morgan fingerprint density at radius 3 is 2.43 bits per heavy atom. The fourth-order valence-corrected chi connectivity index (χ4v) is 1.80. The van der Waals surface area contributed by atoms with Crippen molar-refractivity contribution in [3.8, 4) is 0 Å². The molecule has 0 atom stereocenters. The Kier molecular flexibility index (Phi) is 8.29. The van der Waals surface area contributed by atoms with E-state index in [-0.39, 0.29) is 29.0 Å². The van der Waals surface area contributed by atoms with Crippen molar-refractivity contribution in [1.82, 2.24) is 0 Å². The molecule has 1 aromatic carbocycles.